The van der Waals surface area contributed by atoms with Gasteiger partial charge in [-0.3, -0.25) is 14.5 Å². The largest absolute Gasteiger partial charge is 0.507 e. The van der Waals surface area contributed by atoms with Crippen LogP contribution in [0.2, 0.25) is 0 Å². The second-order valence-corrected chi connectivity index (χ2v) is 8.35. The van der Waals surface area contributed by atoms with Crippen LogP contribution in [-0.4, -0.2) is 22.9 Å². The minimum atomic E-state index is -1.07. The molecule has 4 rings (SSSR count). The zero-order valence-electron chi connectivity index (χ0n) is 18.9. The summed E-state index contributed by atoms with van der Waals surface area (Å²) in [6.45, 7) is 5.59. The number of Topliss-reactive ketones (excluding diaryl/α,β-unsaturated/α-hetero) is 1. The lowest BCUT2D eigenvalue weighted by Gasteiger charge is -2.25. The molecule has 7 heteroatoms. The van der Waals surface area contributed by atoms with Crippen LogP contribution >= 0.6 is 0 Å². The Morgan fingerprint density at radius 2 is 1.68 bits per heavy atom. The third-order valence-corrected chi connectivity index (χ3v) is 5.53. The fraction of sp³-hybridized carbons (Fsp3) is 0.185. The van der Waals surface area contributed by atoms with Gasteiger partial charge in [0.2, 0.25) is 0 Å². The number of hydrogen-bond acceptors (Lipinski definition) is 4. The van der Waals surface area contributed by atoms with Crippen molar-refractivity contribution in [3.63, 3.8) is 0 Å². The Labute approximate surface area is 195 Å². The third kappa shape index (κ3) is 4.29. The lowest BCUT2D eigenvalue weighted by molar-refractivity contribution is -0.132. The van der Waals surface area contributed by atoms with E-state index in [0.717, 1.165) is 16.5 Å². The molecule has 34 heavy (non-hydrogen) atoms. The summed E-state index contributed by atoms with van der Waals surface area (Å²) < 4.78 is 33.3. The molecule has 1 atom stereocenters. The van der Waals surface area contributed by atoms with Crippen molar-refractivity contribution >= 4 is 23.1 Å². The molecule has 3 aromatic carbocycles. The highest BCUT2D eigenvalue weighted by Gasteiger charge is 2.47. The van der Waals surface area contributed by atoms with E-state index in [1.54, 1.807) is 25.1 Å². The lowest BCUT2D eigenvalue weighted by atomic mass is 9.94. The van der Waals surface area contributed by atoms with E-state index in [2.05, 4.69) is 0 Å². The molecular weight excluding hydrogens is 440 g/mol. The van der Waals surface area contributed by atoms with Crippen molar-refractivity contribution in [3.8, 4) is 5.75 Å². The van der Waals surface area contributed by atoms with Crippen molar-refractivity contribution in [2.45, 2.75) is 32.9 Å². The van der Waals surface area contributed by atoms with E-state index in [-0.39, 0.29) is 23.1 Å². The van der Waals surface area contributed by atoms with Gasteiger partial charge in [0.05, 0.1) is 17.7 Å². The van der Waals surface area contributed by atoms with Gasteiger partial charge in [0.25, 0.3) is 11.7 Å². The zero-order valence-corrected chi connectivity index (χ0v) is 18.9. The number of benzene rings is 3. The fourth-order valence-electron chi connectivity index (χ4n) is 4.02. The van der Waals surface area contributed by atoms with Crippen molar-refractivity contribution in [1.29, 1.82) is 0 Å². The van der Waals surface area contributed by atoms with Crippen LogP contribution in [0.3, 0.4) is 0 Å². The molecule has 1 aliphatic rings. The van der Waals surface area contributed by atoms with E-state index >= 15 is 0 Å². The molecule has 1 saturated heterocycles. The summed E-state index contributed by atoms with van der Waals surface area (Å²) in [5, 5.41) is 11.2. The third-order valence-electron chi connectivity index (χ3n) is 5.53. The van der Waals surface area contributed by atoms with Crippen LogP contribution in [0.5, 0.6) is 5.75 Å². The molecule has 0 spiro atoms. The van der Waals surface area contributed by atoms with Crippen molar-refractivity contribution < 1.29 is 28.2 Å². The SMILES string of the molecule is Cc1cc(/C(O)=C2/C(=O)C(=O)N(c3cccc(F)c3)C2c2ccc(F)cc2)ccc1OC(C)C. The van der Waals surface area contributed by atoms with Crippen LogP contribution in [0.4, 0.5) is 14.5 Å². The number of nitrogens with zero attached hydrogens (tertiary/aromatic N) is 1. The predicted octanol–water partition coefficient (Wildman–Crippen LogP) is 5.69. The number of carbonyl (C=O) groups is 2. The van der Waals surface area contributed by atoms with Gasteiger partial charge in [-0.2, -0.15) is 0 Å². The summed E-state index contributed by atoms with van der Waals surface area (Å²) in [5.74, 6) is -2.68. The van der Waals surface area contributed by atoms with E-state index in [9.17, 15) is 23.5 Å². The minimum Gasteiger partial charge on any atom is -0.507 e. The topological polar surface area (TPSA) is 66.8 Å². The summed E-state index contributed by atoms with van der Waals surface area (Å²) in [4.78, 5) is 27.3. The van der Waals surface area contributed by atoms with Crippen LogP contribution in [0, 0.1) is 18.6 Å². The Balaban J connectivity index is 1.89. The number of hydrogen-bond donors (Lipinski definition) is 1. The number of aryl methyl sites for hydroxylation is 1. The van der Waals surface area contributed by atoms with Crippen molar-refractivity contribution in [2.24, 2.45) is 0 Å². The summed E-state index contributed by atoms with van der Waals surface area (Å²) in [7, 11) is 0. The molecule has 1 heterocycles. The van der Waals surface area contributed by atoms with Crippen molar-refractivity contribution in [2.75, 3.05) is 4.90 Å². The molecule has 0 saturated carbocycles. The first kappa shape index (κ1) is 23.2. The highest BCUT2D eigenvalue weighted by Crippen LogP contribution is 2.42. The van der Waals surface area contributed by atoms with Crippen LogP contribution in [0.1, 0.15) is 36.6 Å². The fourth-order valence-corrected chi connectivity index (χ4v) is 4.02. The first-order valence-electron chi connectivity index (χ1n) is 10.8. The molecule has 1 fully saturated rings. The highest BCUT2D eigenvalue weighted by atomic mass is 19.1. The van der Waals surface area contributed by atoms with Gasteiger partial charge >= 0.3 is 0 Å². The first-order valence-corrected chi connectivity index (χ1v) is 10.8. The lowest BCUT2D eigenvalue weighted by Crippen LogP contribution is -2.29. The quantitative estimate of drug-likeness (QED) is 0.300. The molecule has 0 aliphatic carbocycles. The van der Waals surface area contributed by atoms with Crippen LogP contribution < -0.4 is 9.64 Å². The average molecular weight is 463 g/mol. The Hall–Kier alpha value is -4.00. The van der Waals surface area contributed by atoms with Gasteiger partial charge < -0.3 is 9.84 Å². The number of ether oxygens (including phenoxy) is 1. The molecule has 5 nitrogen and oxygen atoms in total. The average Bonchev–Trinajstić information content (AvgIpc) is 3.05. The Morgan fingerprint density at radius 3 is 2.29 bits per heavy atom. The van der Waals surface area contributed by atoms with Crippen LogP contribution in [-0.2, 0) is 9.59 Å². The van der Waals surface area contributed by atoms with Crippen LogP contribution in [0.25, 0.3) is 5.76 Å². The molecule has 1 N–H and O–H groups in total. The highest BCUT2D eigenvalue weighted by molar-refractivity contribution is 6.51. The predicted molar refractivity (Wildman–Crippen MR) is 125 cm³/mol. The molecule has 1 amide bonds. The van der Waals surface area contributed by atoms with Crippen LogP contribution in [0.15, 0.2) is 72.3 Å². The maximum atomic E-state index is 14.0. The minimum absolute atomic E-state index is 0.0479. The number of aliphatic hydroxyl groups excluding tert-OH is 1. The molecule has 0 aromatic heterocycles. The summed E-state index contributed by atoms with van der Waals surface area (Å²) in [6.07, 6.45) is -0.0479. The van der Waals surface area contributed by atoms with Gasteiger partial charge in [0.1, 0.15) is 23.1 Å². The summed E-state index contributed by atoms with van der Waals surface area (Å²) in [6, 6.07) is 14.4. The number of carbonyl (C=O) groups excluding carboxylic acids is 2. The smallest absolute Gasteiger partial charge is 0.300 e. The van der Waals surface area contributed by atoms with Gasteiger partial charge in [0, 0.05) is 11.3 Å². The number of rotatable bonds is 5. The van der Waals surface area contributed by atoms with E-state index in [4.69, 9.17) is 4.74 Å². The van der Waals surface area contributed by atoms with Gasteiger partial charge in [-0.1, -0.05) is 18.2 Å². The van der Waals surface area contributed by atoms with Crippen molar-refractivity contribution in [1.82, 2.24) is 0 Å². The number of ketones is 1. The standard InChI is InChI=1S/C27H23F2NO4/c1-15(2)34-22-12-9-18(13-16(22)3)25(31)23-24(17-7-10-19(28)11-8-17)30(27(33)26(23)32)21-6-4-5-20(29)14-21/h4-15,24,31H,1-3H3/b25-23-. The zero-order chi connectivity index (χ0) is 24.6. The second-order valence-electron chi connectivity index (χ2n) is 8.35. The van der Waals surface area contributed by atoms with Gasteiger partial charge in [0.15, 0.2) is 0 Å². The Morgan fingerprint density at radius 1 is 0.971 bits per heavy atom. The maximum absolute atomic E-state index is 14.0. The van der Waals surface area contributed by atoms with Gasteiger partial charge in [-0.15, -0.1) is 0 Å². The molecular formula is C27H23F2NO4. The van der Waals surface area contributed by atoms with E-state index < -0.39 is 29.4 Å². The summed E-state index contributed by atoms with van der Waals surface area (Å²) >= 11 is 0. The number of aliphatic hydroxyl groups is 1. The summed E-state index contributed by atoms with van der Waals surface area (Å²) in [5.41, 5.74) is 1.42. The van der Waals surface area contributed by atoms with E-state index in [1.807, 2.05) is 13.8 Å². The number of amides is 1. The first-order chi connectivity index (χ1) is 16.2. The van der Waals surface area contributed by atoms with E-state index in [1.165, 1.54) is 42.5 Å². The normalized spacial score (nSPS) is 17.5. The van der Waals surface area contributed by atoms with E-state index in [0.29, 0.717) is 16.9 Å². The molecule has 3 aromatic rings. The second kappa shape index (κ2) is 9.09. The molecule has 0 radical (unpaired) electrons. The van der Waals surface area contributed by atoms with Gasteiger partial charge in [-0.25, -0.2) is 8.78 Å². The molecule has 174 valence electrons. The molecule has 1 aliphatic heterocycles. The van der Waals surface area contributed by atoms with Crippen molar-refractivity contribution in [3.05, 3.63) is 101 Å². The number of halogens is 2. The monoisotopic (exact) mass is 463 g/mol. The molecule has 1 unspecified atom stereocenters. The van der Waals surface area contributed by atoms with Gasteiger partial charge in [-0.05, 0) is 80.4 Å². The maximum Gasteiger partial charge on any atom is 0.300 e. The molecule has 0 bridgehead atoms. The Kier molecular flexibility index (Phi) is 6.20. The number of anilines is 1. The Bertz CT molecular complexity index is 1300.